The van der Waals surface area contributed by atoms with Crippen LogP contribution in [-0.2, 0) is 22.6 Å². The number of benzene rings is 2. The van der Waals surface area contributed by atoms with Crippen molar-refractivity contribution in [1.29, 1.82) is 0 Å². The molecular weight excluding hydrogens is 775 g/mol. The fourth-order valence-corrected chi connectivity index (χ4v) is 12.0. The molecule has 0 radical (unpaired) electrons. The van der Waals surface area contributed by atoms with Crippen molar-refractivity contribution in [2.75, 3.05) is 19.3 Å². The van der Waals surface area contributed by atoms with E-state index in [2.05, 4.69) is 19.9 Å². The monoisotopic (exact) mass is 829 g/mol. The van der Waals surface area contributed by atoms with Gasteiger partial charge in [-0.3, -0.25) is 4.79 Å². The van der Waals surface area contributed by atoms with Crippen molar-refractivity contribution in [3.8, 4) is 11.3 Å². The molecule has 7 atom stereocenters. The molecule has 4 bridgehead atoms. The van der Waals surface area contributed by atoms with E-state index in [1.165, 1.54) is 22.7 Å². The Balaban J connectivity index is 1.27. The highest BCUT2D eigenvalue weighted by Crippen LogP contribution is 2.62. The van der Waals surface area contributed by atoms with E-state index in [0.717, 1.165) is 48.6 Å². The van der Waals surface area contributed by atoms with Crippen molar-refractivity contribution in [2.24, 2.45) is 28.6 Å². The smallest absolute Gasteiger partial charge is 0.416 e. The zero-order valence-electron chi connectivity index (χ0n) is 33.5. The number of carbonyl (C=O) groups is 1. The molecule has 2 aromatic carbocycles. The van der Waals surface area contributed by atoms with Gasteiger partial charge >= 0.3 is 6.18 Å². The maximum absolute atomic E-state index is 14.6. The zero-order valence-corrected chi connectivity index (χ0v) is 35.0. The summed E-state index contributed by atoms with van der Waals surface area (Å²) in [4.78, 5) is 14.6. The standard InChI is InChI=1S/C45H55ClF3NO6S/c1-27-7-6-19-43(4)36(18-20-44(43,53)26-50(57(5,54)55)25-29-10-11-30-24-37(29)42(30,2)3)33-14-9-28(21-32(51)13-8-27)22-34(33)41(52)40-17-16-39(56-40)35-23-31(45(47,48)49)12-15-38(35)46/h7,9,12,14-17,22-23,29-30,32,36-37,51,53H,6,8,10-11,13,18-21,24-26H2,1-5H3/t29-,30-,32-,36-,37-,43-,44+/m0/s1. The Morgan fingerprint density at radius 1 is 1.02 bits per heavy atom. The van der Waals surface area contributed by atoms with Gasteiger partial charge in [-0.1, -0.05) is 56.2 Å². The highest BCUT2D eigenvalue weighted by atomic mass is 35.5. The summed E-state index contributed by atoms with van der Waals surface area (Å²) in [6.45, 7) is 8.94. The summed E-state index contributed by atoms with van der Waals surface area (Å²) in [5.41, 5.74) is -0.204. The predicted octanol–water partition coefficient (Wildman–Crippen LogP) is 10.2. The van der Waals surface area contributed by atoms with E-state index < -0.39 is 44.7 Å². The number of rotatable bonds is 8. The second kappa shape index (κ2) is 15.3. The van der Waals surface area contributed by atoms with Crippen LogP contribution >= 0.6 is 11.6 Å². The van der Waals surface area contributed by atoms with Crippen LogP contribution < -0.4 is 0 Å². The number of furan rings is 1. The minimum atomic E-state index is -4.61. The summed E-state index contributed by atoms with van der Waals surface area (Å²) in [6.07, 6.45) is 4.67. The molecule has 310 valence electrons. The highest BCUT2D eigenvalue weighted by molar-refractivity contribution is 7.88. The number of aliphatic hydroxyl groups is 2. The van der Waals surface area contributed by atoms with E-state index in [4.69, 9.17) is 16.0 Å². The Morgan fingerprint density at radius 2 is 1.77 bits per heavy atom. The van der Waals surface area contributed by atoms with E-state index in [1.54, 1.807) is 6.07 Å². The van der Waals surface area contributed by atoms with Crippen LogP contribution in [0.15, 0.2) is 64.6 Å². The Morgan fingerprint density at radius 3 is 2.46 bits per heavy atom. The molecule has 7 nitrogen and oxygen atoms in total. The van der Waals surface area contributed by atoms with Gasteiger partial charge in [0.1, 0.15) is 5.76 Å². The number of aliphatic hydroxyl groups excluding tert-OH is 1. The fourth-order valence-electron chi connectivity index (χ4n) is 10.9. The van der Waals surface area contributed by atoms with Crippen molar-refractivity contribution in [3.63, 3.8) is 0 Å². The molecule has 2 N–H and O–H groups in total. The lowest BCUT2D eigenvalue weighted by atomic mass is 9.45. The Labute approximate surface area is 339 Å². The topological polar surface area (TPSA) is 108 Å². The zero-order chi connectivity index (χ0) is 41.3. The van der Waals surface area contributed by atoms with Gasteiger partial charge in [0.2, 0.25) is 15.8 Å². The highest BCUT2D eigenvalue weighted by Gasteiger charge is 2.59. The normalized spacial score (nSPS) is 30.4. The first-order valence-corrected chi connectivity index (χ1v) is 22.5. The summed E-state index contributed by atoms with van der Waals surface area (Å²) in [7, 11) is -3.70. The van der Waals surface area contributed by atoms with Gasteiger partial charge < -0.3 is 14.6 Å². The van der Waals surface area contributed by atoms with Crippen molar-refractivity contribution >= 4 is 27.4 Å². The quantitative estimate of drug-likeness (QED) is 0.173. The van der Waals surface area contributed by atoms with Crippen molar-refractivity contribution in [1.82, 2.24) is 4.31 Å². The molecule has 0 amide bonds. The van der Waals surface area contributed by atoms with Crippen LogP contribution in [0.25, 0.3) is 11.3 Å². The molecule has 4 saturated carbocycles. The first-order valence-electron chi connectivity index (χ1n) is 20.3. The molecular formula is C45H55ClF3NO6S. The van der Waals surface area contributed by atoms with Crippen LogP contribution in [0.5, 0.6) is 0 Å². The second-order valence-corrected chi connectivity index (χ2v) is 20.8. The first-order chi connectivity index (χ1) is 26.6. The summed E-state index contributed by atoms with van der Waals surface area (Å²) >= 11 is 6.33. The largest absolute Gasteiger partial charge is 0.453 e. The maximum atomic E-state index is 14.6. The summed E-state index contributed by atoms with van der Waals surface area (Å²) in [5.74, 6) is 0.360. The van der Waals surface area contributed by atoms with E-state index in [1.807, 2.05) is 26.0 Å². The van der Waals surface area contributed by atoms with Crippen LogP contribution in [0.1, 0.15) is 124 Å². The van der Waals surface area contributed by atoms with Crippen LogP contribution in [0.4, 0.5) is 13.2 Å². The Bertz CT molecular complexity index is 2160. The molecule has 0 saturated heterocycles. The average Bonchev–Trinajstić information content (AvgIpc) is 3.72. The van der Waals surface area contributed by atoms with Gasteiger partial charge in [0.15, 0.2) is 5.76 Å². The van der Waals surface area contributed by atoms with E-state index in [-0.39, 0.29) is 45.9 Å². The lowest BCUT2D eigenvalue weighted by molar-refractivity contribution is -0.137. The lowest BCUT2D eigenvalue weighted by Gasteiger charge is -2.60. The van der Waals surface area contributed by atoms with Gasteiger partial charge in [0.05, 0.1) is 28.5 Å². The van der Waals surface area contributed by atoms with Crippen molar-refractivity contribution in [3.05, 3.63) is 93.2 Å². The molecule has 1 heterocycles. The molecule has 6 aliphatic carbocycles. The number of halogens is 4. The van der Waals surface area contributed by atoms with Gasteiger partial charge in [-0.15, -0.1) is 0 Å². The Hall–Kier alpha value is -2.96. The fraction of sp³-hybridized carbons (Fsp3) is 0.578. The molecule has 0 spiro atoms. The van der Waals surface area contributed by atoms with Gasteiger partial charge in [0, 0.05) is 29.6 Å². The number of hydrogen-bond acceptors (Lipinski definition) is 6. The number of sulfonamides is 1. The molecule has 1 aromatic heterocycles. The molecule has 4 fully saturated rings. The summed E-state index contributed by atoms with van der Waals surface area (Å²) in [6, 6.07) is 11.3. The number of carbonyl (C=O) groups excluding carboxylic acids is 1. The number of alkyl halides is 3. The minimum Gasteiger partial charge on any atom is -0.453 e. The Kier molecular flexibility index (Phi) is 11.3. The third-order valence-electron chi connectivity index (χ3n) is 14.7. The number of allylic oxidation sites excluding steroid dienone is 2. The van der Waals surface area contributed by atoms with Crippen molar-refractivity contribution < 1.29 is 41.0 Å². The van der Waals surface area contributed by atoms with E-state index >= 15 is 0 Å². The first kappa shape index (κ1) is 42.2. The number of hydrogen-bond donors (Lipinski definition) is 2. The molecule has 57 heavy (non-hydrogen) atoms. The van der Waals surface area contributed by atoms with Gasteiger partial charge in [-0.05, 0) is 148 Å². The second-order valence-electron chi connectivity index (χ2n) is 18.4. The number of ketones is 1. The summed E-state index contributed by atoms with van der Waals surface area (Å²) < 4.78 is 75.5. The van der Waals surface area contributed by atoms with Gasteiger partial charge in [0.25, 0.3) is 0 Å². The minimum absolute atomic E-state index is 0.00165. The van der Waals surface area contributed by atoms with Crippen LogP contribution in [0.3, 0.4) is 0 Å². The van der Waals surface area contributed by atoms with Crippen molar-refractivity contribution in [2.45, 2.75) is 116 Å². The molecule has 0 aliphatic heterocycles. The predicted molar refractivity (Wildman–Crippen MR) is 216 cm³/mol. The SMILES string of the molecule is CC1=CCC[C@@]2(C)[C@@H](CC[C@@]2(O)CN(C[C@@H]2CC[C@H]3C[C@@H]2C3(C)C)S(C)(=O)=O)c2ccc(cc2C(=O)c2ccc(-c3cc(C(F)(F)F)ccc3Cl)o2)C[C@@H](O)CC1. The number of fused-ring (bicyclic) bond motifs is 10. The van der Waals surface area contributed by atoms with Crippen LogP contribution in [0.2, 0.25) is 5.02 Å². The lowest BCUT2D eigenvalue weighted by Crippen LogP contribution is -2.58. The molecule has 6 aliphatic rings. The van der Waals surface area contributed by atoms with Crippen LogP contribution in [-0.4, -0.2) is 59.8 Å². The molecule has 3 aromatic rings. The average molecular weight is 830 g/mol. The van der Waals surface area contributed by atoms with Gasteiger partial charge in [-0.2, -0.15) is 17.5 Å². The van der Waals surface area contributed by atoms with Gasteiger partial charge in [-0.25, -0.2) is 8.42 Å². The molecule has 0 unspecified atom stereocenters. The third kappa shape index (κ3) is 8.05. The maximum Gasteiger partial charge on any atom is 0.416 e. The van der Waals surface area contributed by atoms with E-state index in [9.17, 15) is 36.6 Å². The van der Waals surface area contributed by atoms with E-state index in [0.29, 0.717) is 74.5 Å². The molecule has 12 heteroatoms. The number of nitrogens with zero attached hydrogens (tertiary/aromatic N) is 1. The third-order valence-corrected chi connectivity index (χ3v) is 16.2. The van der Waals surface area contributed by atoms with Crippen LogP contribution in [0, 0.1) is 28.6 Å². The summed E-state index contributed by atoms with van der Waals surface area (Å²) in [5, 5.41) is 24.0. The molecule has 9 rings (SSSR count).